The number of rotatable bonds is 2. The molecular weight excluding hydrogens is 286 g/mol. The van der Waals surface area contributed by atoms with Gasteiger partial charge in [-0.25, -0.2) is 4.98 Å². The maximum absolute atomic E-state index is 11.7. The summed E-state index contributed by atoms with van der Waals surface area (Å²) in [5, 5.41) is 3.24. The summed E-state index contributed by atoms with van der Waals surface area (Å²) in [7, 11) is -1.19. The number of fused-ring (bicyclic) bond motifs is 1. The van der Waals surface area contributed by atoms with Gasteiger partial charge >= 0.3 is 0 Å². The number of nitrogens with one attached hydrogen (secondary N) is 1. The molecule has 6 heteroatoms. The maximum atomic E-state index is 11.7. The first-order valence-corrected chi connectivity index (χ1v) is 7.95. The molecule has 1 unspecified atom stereocenters. The van der Waals surface area contributed by atoms with Crippen LogP contribution in [-0.4, -0.2) is 33.6 Å². The summed E-state index contributed by atoms with van der Waals surface area (Å²) in [6, 6.07) is 12.9. The molecule has 2 heterocycles. The zero-order valence-corrected chi connectivity index (χ0v) is 12.2. The minimum Gasteiger partial charge on any atom is -0.323 e. The van der Waals surface area contributed by atoms with Crippen molar-refractivity contribution in [3.05, 3.63) is 53.7 Å². The van der Waals surface area contributed by atoms with E-state index in [0.717, 1.165) is 5.56 Å². The third-order valence-corrected chi connectivity index (χ3v) is 3.91. The summed E-state index contributed by atoms with van der Waals surface area (Å²) in [5.41, 5.74) is 2.66. The minimum atomic E-state index is -1.19. The van der Waals surface area contributed by atoms with Gasteiger partial charge in [0.25, 0.3) is 0 Å². The fourth-order valence-corrected chi connectivity index (χ4v) is 2.60. The van der Waals surface area contributed by atoms with Crippen LogP contribution < -0.4 is 5.32 Å². The van der Waals surface area contributed by atoms with Gasteiger partial charge in [0.15, 0.2) is 0 Å². The van der Waals surface area contributed by atoms with E-state index in [1.54, 1.807) is 18.4 Å². The third kappa shape index (κ3) is 2.75. The van der Waals surface area contributed by atoms with Crippen molar-refractivity contribution in [3.8, 4) is 0 Å². The lowest BCUT2D eigenvalue weighted by Gasteiger charge is -2.10. The van der Waals surface area contributed by atoms with Crippen LogP contribution in [0.25, 0.3) is 0 Å². The number of anilines is 1. The molecule has 1 N–H and O–H groups in total. The molecule has 1 atom stereocenters. The highest BCUT2D eigenvalue weighted by atomic mass is 32.2. The van der Waals surface area contributed by atoms with Gasteiger partial charge in [0.05, 0.1) is 22.2 Å². The molecule has 1 aromatic carbocycles. The standard InChI is InChI=1S/C15H13N3O2S/c1-21(20)13-8-7-11-15(18-13)14(16-9-12(19)17-11)10-5-3-2-4-6-10/h2-8H,9H2,1H3,(H,17,19). The van der Waals surface area contributed by atoms with E-state index in [0.29, 0.717) is 22.1 Å². The molecule has 0 spiro atoms. The monoisotopic (exact) mass is 299 g/mol. The van der Waals surface area contributed by atoms with E-state index in [1.807, 2.05) is 30.3 Å². The maximum Gasteiger partial charge on any atom is 0.246 e. The van der Waals surface area contributed by atoms with Gasteiger partial charge in [0.1, 0.15) is 17.3 Å². The van der Waals surface area contributed by atoms with Crippen molar-refractivity contribution < 1.29 is 9.00 Å². The van der Waals surface area contributed by atoms with Crippen LogP contribution in [0.15, 0.2) is 52.5 Å². The fraction of sp³-hybridized carbons (Fsp3) is 0.133. The molecule has 0 aliphatic carbocycles. The molecule has 0 radical (unpaired) electrons. The second kappa shape index (κ2) is 5.57. The van der Waals surface area contributed by atoms with Crippen LogP contribution in [0.4, 0.5) is 5.69 Å². The van der Waals surface area contributed by atoms with Crippen LogP contribution in [0.1, 0.15) is 11.3 Å². The average Bonchev–Trinajstić information content (AvgIpc) is 2.65. The van der Waals surface area contributed by atoms with Crippen molar-refractivity contribution in [1.82, 2.24) is 4.98 Å². The summed E-state index contributed by atoms with van der Waals surface area (Å²) >= 11 is 0. The summed E-state index contributed by atoms with van der Waals surface area (Å²) in [6.07, 6.45) is 1.57. The number of carbonyl (C=O) groups is 1. The molecule has 2 aromatic rings. The van der Waals surface area contributed by atoms with Gasteiger partial charge in [-0.1, -0.05) is 30.3 Å². The molecule has 5 nitrogen and oxygen atoms in total. The molecule has 21 heavy (non-hydrogen) atoms. The van der Waals surface area contributed by atoms with Crippen LogP contribution >= 0.6 is 0 Å². The molecule has 0 saturated heterocycles. The van der Waals surface area contributed by atoms with Crippen LogP contribution in [0, 0.1) is 0 Å². The zero-order chi connectivity index (χ0) is 14.8. The van der Waals surface area contributed by atoms with Gasteiger partial charge in [0, 0.05) is 11.8 Å². The van der Waals surface area contributed by atoms with Gasteiger partial charge in [-0.2, -0.15) is 0 Å². The molecule has 1 aromatic heterocycles. The Labute approximate surface area is 124 Å². The predicted octanol–water partition coefficient (Wildman–Crippen LogP) is 1.61. The third-order valence-electron chi connectivity index (χ3n) is 3.09. The first-order valence-electron chi connectivity index (χ1n) is 6.40. The highest BCUT2D eigenvalue weighted by molar-refractivity contribution is 7.84. The highest BCUT2D eigenvalue weighted by Gasteiger charge is 2.20. The molecule has 1 aliphatic rings. The smallest absolute Gasteiger partial charge is 0.246 e. The van der Waals surface area contributed by atoms with Crippen LogP contribution in [0.2, 0.25) is 0 Å². The number of aliphatic imine (C=N–C) groups is 1. The van der Waals surface area contributed by atoms with E-state index >= 15 is 0 Å². The quantitative estimate of drug-likeness (QED) is 0.915. The lowest BCUT2D eigenvalue weighted by atomic mass is 10.1. The normalized spacial score (nSPS) is 15.5. The fourth-order valence-electron chi connectivity index (χ4n) is 2.12. The predicted molar refractivity (Wildman–Crippen MR) is 82.1 cm³/mol. The average molecular weight is 299 g/mol. The van der Waals surface area contributed by atoms with Crippen LogP contribution in [-0.2, 0) is 15.6 Å². The Balaban J connectivity index is 2.20. The Kier molecular flexibility index (Phi) is 3.62. The topological polar surface area (TPSA) is 71.4 Å². The lowest BCUT2D eigenvalue weighted by molar-refractivity contribution is -0.114. The van der Waals surface area contributed by atoms with E-state index in [9.17, 15) is 9.00 Å². The molecule has 3 rings (SSSR count). The Morgan fingerprint density at radius 2 is 1.90 bits per heavy atom. The Bertz CT molecular complexity index is 757. The summed E-state index contributed by atoms with van der Waals surface area (Å²) in [6.45, 7) is 0.0468. The second-order valence-corrected chi connectivity index (χ2v) is 5.91. The Hall–Kier alpha value is -2.34. The van der Waals surface area contributed by atoms with E-state index < -0.39 is 10.8 Å². The van der Waals surface area contributed by atoms with E-state index in [-0.39, 0.29) is 12.5 Å². The van der Waals surface area contributed by atoms with Crippen molar-refractivity contribution >= 4 is 28.1 Å². The number of aromatic nitrogens is 1. The number of nitrogens with zero attached hydrogens (tertiary/aromatic N) is 2. The summed E-state index contributed by atoms with van der Waals surface area (Å²) in [5.74, 6) is -0.186. The first-order chi connectivity index (χ1) is 10.1. The van der Waals surface area contributed by atoms with Gasteiger partial charge in [-0.3, -0.25) is 14.0 Å². The van der Waals surface area contributed by atoms with E-state index in [2.05, 4.69) is 15.3 Å². The molecule has 0 fully saturated rings. The Morgan fingerprint density at radius 1 is 1.14 bits per heavy atom. The van der Waals surface area contributed by atoms with Crippen molar-refractivity contribution in [3.63, 3.8) is 0 Å². The van der Waals surface area contributed by atoms with E-state index in [1.165, 1.54) is 0 Å². The Morgan fingerprint density at radius 3 is 2.62 bits per heavy atom. The second-order valence-electron chi connectivity index (χ2n) is 4.58. The molecule has 1 aliphatic heterocycles. The number of amides is 1. The van der Waals surface area contributed by atoms with Crippen molar-refractivity contribution in [2.24, 2.45) is 4.99 Å². The molecule has 106 valence electrons. The molecule has 0 saturated carbocycles. The van der Waals surface area contributed by atoms with Crippen LogP contribution in [0.3, 0.4) is 0 Å². The number of pyridine rings is 1. The summed E-state index contributed by atoms with van der Waals surface area (Å²) < 4.78 is 11.6. The SMILES string of the molecule is CS(=O)c1ccc2c(n1)C(c1ccccc1)=NCC(=O)N2. The largest absolute Gasteiger partial charge is 0.323 e. The number of carbonyl (C=O) groups excluding carboxylic acids is 1. The minimum absolute atomic E-state index is 0.0468. The molecule has 1 amide bonds. The highest BCUT2D eigenvalue weighted by Crippen LogP contribution is 2.22. The van der Waals surface area contributed by atoms with E-state index in [4.69, 9.17) is 0 Å². The van der Waals surface area contributed by atoms with Gasteiger partial charge in [-0.15, -0.1) is 0 Å². The molecular formula is C15H13N3O2S. The number of benzene rings is 1. The van der Waals surface area contributed by atoms with Crippen molar-refractivity contribution in [2.75, 3.05) is 18.1 Å². The number of hydrogen-bond acceptors (Lipinski definition) is 4. The molecule has 0 bridgehead atoms. The first kappa shape index (κ1) is 13.6. The van der Waals surface area contributed by atoms with Gasteiger partial charge in [0.2, 0.25) is 5.91 Å². The lowest BCUT2D eigenvalue weighted by Crippen LogP contribution is -2.14. The van der Waals surface area contributed by atoms with Gasteiger partial charge < -0.3 is 5.32 Å². The van der Waals surface area contributed by atoms with Crippen molar-refractivity contribution in [2.45, 2.75) is 5.03 Å². The van der Waals surface area contributed by atoms with Crippen molar-refractivity contribution in [1.29, 1.82) is 0 Å². The number of hydrogen-bond donors (Lipinski definition) is 1. The van der Waals surface area contributed by atoms with Crippen LogP contribution in [0.5, 0.6) is 0 Å². The van der Waals surface area contributed by atoms with Gasteiger partial charge in [-0.05, 0) is 12.1 Å². The zero-order valence-electron chi connectivity index (χ0n) is 11.4. The summed E-state index contributed by atoms with van der Waals surface area (Å²) in [4.78, 5) is 20.5.